The smallest absolute Gasteiger partial charge is 0.228 e. The molecule has 1 amide bonds. The molecule has 4 rings (SSSR count). The number of terminal acetylenes is 1. The monoisotopic (exact) mass is 331 g/mol. The normalized spacial score (nSPS) is 13.6. The van der Waals surface area contributed by atoms with Crippen molar-refractivity contribution < 1.29 is 9.53 Å². The summed E-state index contributed by atoms with van der Waals surface area (Å²) >= 11 is 0. The van der Waals surface area contributed by atoms with Crippen molar-refractivity contribution in [1.29, 1.82) is 0 Å². The summed E-state index contributed by atoms with van der Waals surface area (Å²) in [5, 5.41) is 0. The zero-order valence-electron chi connectivity index (χ0n) is 13.9. The third-order valence-corrected chi connectivity index (χ3v) is 4.51. The molecule has 1 aliphatic heterocycles. The maximum absolute atomic E-state index is 12.4. The summed E-state index contributed by atoms with van der Waals surface area (Å²) in [6, 6.07) is 9.77. The molecule has 3 aromatic rings. The van der Waals surface area contributed by atoms with Gasteiger partial charge in [0, 0.05) is 24.4 Å². The first kappa shape index (κ1) is 15.3. The molecule has 0 N–H and O–H groups in total. The minimum atomic E-state index is 0.0240. The second kappa shape index (κ2) is 5.99. The lowest BCUT2D eigenvalue weighted by atomic mass is 9.93. The first-order valence-corrected chi connectivity index (χ1v) is 8.10. The average Bonchev–Trinajstić information content (AvgIpc) is 3.07. The number of ether oxygens (including phenoxy) is 1. The Morgan fingerprint density at radius 1 is 1.28 bits per heavy atom. The Hall–Kier alpha value is -3.26. The highest BCUT2D eigenvalue weighted by Crippen LogP contribution is 2.42. The number of pyridine rings is 1. The Labute approximate surface area is 145 Å². The fourth-order valence-corrected chi connectivity index (χ4v) is 3.38. The van der Waals surface area contributed by atoms with Gasteiger partial charge in [0.05, 0.1) is 25.0 Å². The third-order valence-electron chi connectivity index (χ3n) is 4.51. The summed E-state index contributed by atoms with van der Waals surface area (Å²) in [5.74, 6) is 3.25. The quantitative estimate of drug-likeness (QED) is 0.693. The largest absolute Gasteiger partial charge is 0.495 e. The number of benzene rings is 1. The maximum atomic E-state index is 12.4. The van der Waals surface area contributed by atoms with E-state index in [1.807, 2.05) is 47.1 Å². The van der Waals surface area contributed by atoms with E-state index in [-0.39, 0.29) is 12.5 Å². The van der Waals surface area contributed by atoms with E-state index in [0.717, 1.165) is 28.2 Å². The summed E-state index contributed by atoms with van der Waals surface area (Å²) in [6.45, 7) is 0.233. The van der Waals surface area contributed by atoms with Crippen LogP contribution in [0.2, 0.25) is 0 Å². The van der Waals surface area contributed by atoms with Crippen molar-refractivity contribution in [2.24, 2.45) is 0 Å². The van der Waals surface area contributed by atoms with E-state index in [1.54, 1.807) is 12.0 Å². The van der Waals surface area contributed by atoms with Crippen LogP contribution in [0.15, 0.2) is 42.7 Å². The number of methoxy groups -OCH3 is 1. The van der Waals surface area contributed by atoms with Crippen LogP contribution in [0.3, 0.4) is 0 Å². The topological polar surface area (TPSA) is 46.8 Å². The lowest BCUT2D eigenvalue weighted by Crippen LogP contribution is -2.36. The average molecular weight is 331 g/mol. The standard InChI is InChI=1S/C20H17N3O2/c1-3-11-23-19(24)10-8-15-14(7-9-17(25-2)20(15)23)16-13-22-12-5-4-6-18(22)21-16/h1,4-7,9,12-13H,8,10-11H2,2H3. The molecule has 5 nitrogen and oxygen atoms in total. The molecule has 124 valence electrons. The minimum Gasteiger partial charge on any atom is -0.495 e. The molecule has 0 radical (unpaired) electrons. The fraction of sp³-hybridized carbons (Fsp3) is 0.200. The van der Waals surface area contributed by atoms with Crippen LogP contribution >= 0.6 is 0 Å². The van der Waals surface area contributed by atoms with E-state index in [2.05, 4.69) is 5.92 Å². The number of carbonyl (C=O) groups excluding carboxylic acids is 1. The molecular weight excluding hydrogens is 314 g/mol. The summed E-state index contributed by atoms with van der Waals surface area (Å²) in [5.41, 5.74) is 4.59. The van der Waals surface area contributed by atoms with Crippen LogP contribution in [0.25, 0.3) is 16.9 Å². The lowest BCUT2D eigenvalue weighted by molar-refractivity contribution is -0.118. The zero-order valence-corrected chi connectivity index (χ0v) is 13.9. The predicted octanol–water partition coefficient (Wildman–Crippen LogP) is 2.92. The molecule has 1 aliphatic rings. The summed E-state index contributed by atoms with van der Waals surface area (Å²) in [7, 11) is 1.60. The van der Waals surface area contributed by atoms with Crippen molar-refractivity contribution in [1.82, 2.24) is 9.38 Å². The van der Waals surface area contributed by atoms with Crippen LogP contribution < -0.4 is 9.64 Å². The first-order valence-electron chi connectivity index (χ1n) is 8.10. The second-order valence-corrected chi connectivity index (χ2v) is 5.92. The highest BCUT2D eigenvalue weighted by Gasteiger charge is 2.29. The van der Waals surface area contributed by atoms with E-state index >= 15 is 0 Å². The number of anilines is 1. The number of fused-ring (bicyclic) bond motifs is 2. The molecule has 0 saturated heterocycles. The maximum Gasteiger partial charge on any atom is 0.228 e. The SMILES string of the molecule is C#CCN1C(=O)CCc2c(-c3cn4ccccc4n3)ccc(OC)c21. The van der Waals surface area contributed by atoms with Crippen molar-refractivity contribution in [3.8, 4) is 29.4 Å². The van der Waals surface area contributed by atoms with Crippen molar-refractivity contribution in [3.05, 3.63) is 48.3 Å². The number of amides is 1. The van der Waals surface area contributed by atoms with Gasteiger partial charge in [0.25, 0.3) is 0 Å². The first-order chi connectivity index (χ1) is 12.2. The molecule has 0 bridgehead atoms. The van der Waals surface area contributed by atoms with Gasteiger partial charge in [-0.25, -0.2) is 4.98 Å². The van der Waals surface area contributed by atoms with Gasteiger partial charge >= 0.3 is 0 Å². The predicted molar refractivity (Wildman–Crippen MR) is 96.7 cm³/mol. The Balaban J connectivity index is 1.93. The minimum absolute atomic E-state index is 0.0240. The van der Waals surface area contributed by atoms with Crippen LogP contribution in [-0.2, 0) is 11.2 Å². The fourth-order valence-electron chi connectivity index (χ4n) is 3.38. The van der Waals surface area contributed by atoms with E-state index in [4.69, 9.17) is 16.1 Å². The Morgan fingerprint density at radius 3 is 2.92 bits per heavy atom. The van der Waals surface area contributed by atoms with Crippen LogP contribution in [0, 0.1) is 12.3 Å². The van der Waals surface area contributed by atoms with Gasteiger partial charge in [-0.1, -0.05) is 12.0 Å². The molecule has 0 aliphatic carbocycles. The number of rotatable bonds is 3. The van der Waals surface area contributed by atoms with Gasteiger partial charge in [0.15, 0.2) is 0 Å². The van der Waals surface area contributed by atoms with Gasteiger partial charge in [-0.05, 0) is 36.2 Å². The zero-order chi connectivity index (χ0) is 17.4. The van der Waals surface area contributed by atoms with Gasteiger partial charge in [-0.3, -0.25) is 9.69 Å². The third kappa shape index (κ3) is 2.43. The number of hydrogen-bond acceptors (Lipinski definition) is 3. The van der Waals surface area contributed by atoms with Crippen LogP contribution in [-0.4, -0.2) is 28.9 Å². The second-order valence-electron chi connectivity index (χ2n) is 5.92. The molecule has 0 saturated carbocycles. The Morgan fingerprint density at radius 2 is 2.16 bits per heavy atom. The summed E-state index contributed by atoms with van der Waals surface area (Å²) in [6.07, 6.45) is 10.5. The van der Waals surface area contributed by atoms with Crippen LogP contribution in [0.1, 0.15) is 12.0 Å². The van der Waals surface area contributed by atoms with Crippen molar-refractivity contribution in [2.45, 2.75) is 12.8 Å². The summed E-state index contributed by atoms with van der Waals surface area (Å²) < 4.78 is 7.48. The number of hydrogen-bond donors (Lipinski definition) is 0. The molecule has 0 atom stereocenters. The van der Waals surface area contributed by atoms with Gasteiger partial charge in [0.2, 0.25) is 5.91 Å². The summed E-state index contributed by atoms with van der Waals surface area (Å²) in [4.78, 5) is 18.7. The van der Waals surface area contributed by atoms with Crippen molar-refractivity contribution >= 4 is 17.2 Å². The van der Waals surface area contributed by atoms with E-state index in [1.165, 1.54) is 0 Å². The molecule has 1 aromatic carbocycles. The highest BCUT2D eigenvalue weighted by molar-refractivity contribution is 6.00. The van der Waals surface area contributed by atoms with E-state index in [9.17, 15) is 4.79 Å². The number of carbonyl (C=O) groups is 1. The molecule has 0 fully saturated rings. The number of nitrogens with zero attached hydrogens (tertiary/aromatic N) is 3. The molecule has 5 heteroatoms. The van der Waals surface area contributed by atoms with Crippen LogP contribution in [0.5, 0.6) is 5.75 Å². The number of imidazole rings is 1. The number of aromatic nitrogens is 2. The molecule has 3 heterocycles. The van der Waals surface area contributed by atoms with Gasteiger partial charge in [-0.15, -0.1) is 6.42 Å². The van der Waals surface area contributed by atoms with Crippen molar-refractivity contribution in [3.63, 3.8) is 0 Å². The molecule has 0 spiro atoms. The highest BCUT2D eigenvalue weighted by atomic mass is 16.5. The van der Waals surface area contributed by atoms with Crippen molar-refractivity contribution in [2.75, 3.05) is 18.6 Å². The van der Waals surface area contributed by atoms with Crippen LogP contribution in [0.4, 0.5) is 5.69 Å². The Kier molecular flexibility index (Phi) is 3.66. The van der Waals surface area contributed by atoms with E-state index < -0.39 is 0 Å². The molecule has 0 unspecified atom stereocenters. The lowest BCUT2D eigenvalue weighted by Gasteiger charge is -2.30. The Bertz CT molecular complexity index is 980. The molecular formula is C20H17N3O2. The van der Waals surface area contributed by atoms with Gasteiger partial charge in [-0.2, -0.15) is 0 Å². The van der Waals surface area contributed by atoms with Gasteiger partial charge < -0.3 is 9.14 Å². The van der Waals surface area contributed by atoms with Gasteiger partial charge in [0.1, 0.15) is 11.4 Å². The molecule has 25 heavy (non-hydrogen) atoms. The molecule has 2 aromatic heterocycles. The van der Waals surface area contributed by atoms with E-state index in [0.29, 0.717) is 18.6 Å².